The van der Waals surface area contributed by atoms with Crippen LogP contribution in [0.2, 0.25) is 15.2 Å². The average molecular weight is 401 g/mol. The molecule has 0 spiro atoms. The molecule has 3 rings (SSSR count). The summed E-state index contributed by atoms with van der Waals surface area (Å²) < 4.78 is 5.01. The molecule has 1 aliphatic rings. The Bertz CT molecular complexity index is 873. The summed E-state index contributed by atoms with van der Waals surface area (Å²) in [5.74, 6) is -1.25. The smallest absolute Gasteiger partial charge is 0.359 e. The molecule has 1 aliphatic heterocycles. The number of pyridine rings is 1. The number of nitrogen functional groups attached to an aromatic ring is 1. The third-order valence-corrected chi connectivity index (χ3v) is 4.92. The lowest BCUT2D eigenvalue weighted by molar-refractivity contribution is -0.121. The highest BCUT2D eigenvalue weighted by molar-refractivity contribution is 6.46. The van der Waals surface area contributed by atoms with Gasteiger partial charge in [-0.15, -0.1) is 0 Å². The number of halogens is 3. The number of hydrogen-bond donors (Lipinski definition) is 1. The number of anilines is 2. The molecule has 25 heavy (non-hydrogen) atoms. The molecule has 0 atom stereocenters. The molecule has 9 heteroatoms. The monoisotopic (exact) mass is 399 g/mol. The molecule has 0 saturated carbocycles. The minimum absolute atomic E-state index is 0.0482. The van der Waals surface area contributed by atoms with E-state index in [9.17, 15) is 9.59 Å². The lowest BCUT2D eigenvalue weighted by Gasteiger charge is -2.17. The van der Waals surface area contributed by atoms with Crippen molar-refractivity contribution in [2.24, 2.45) is 0 Å². The van der Waals surface area contributed by atoms with E-state index in [1.54, 1.807) is 4.90 Å². The van der Waals surface area contributed by atoms with E-state index in [1.165, 1.54) is 0 Å². The van der Waals surface area contributed by atoms with Crippen LogP contribution in [0.3, 0.4) is 0 Å². The molecule has 0 radical (unpaired) electrons. The fourth-order valence-electron chi connectivity index (χ4n) is 2.54. The SMILES string of the molecule is Nc1c(Cl)c(Cl)nc(C(=O)OCC(=O)N2CCc3ccccc32)c1Cl. The normalized spacial score (nSPS) is 12.8. The molecule has 1 amide bonds. The van der Waals surface area contributed by atoms with Crippen molar-refractivity contribution in [3.63, 3.8) is 0 Å². The summed E-state index contributed by atoms with van der Waals surface area (Å²) in [5.41, 5.74) is 7.19. The maximum Gasteiger partial charge on any atom is 0.359 e. The molecular weight excluding hydrogens is 389 g/mol. The Morgan fingerprint density at radius 1 is 1.20 bits per heavy atom. The van der Waals surface area contributed by atoms with Gasteiger partial charge in [-0.3, -0.25) is 4.79 Å². The van der Waals surface area contributed by atoms with Gasteiger partial charge in [-0.05, 0) is 18.1 Å². The second-order valence-electron chi connectivity index (χ2n) is 5.29. The van der Waals surface area contributed by atoms with Gasteiger partial charge in [0, 0.05) is 12.2 Å². The largest absolute Gasteiger partial charge is 0.451 e. The third kappa shape index (κ3) is 3.38. The van der Waals surface area contributed by atoms with Crippen LogP contribution in [0.1, 0.15) is 16.1 Å². The Kier molecular flexibility index (Phi) is 5.03. The van der Waals surface area contributed by atoms with Crippen LogP contribution in [0, 0.1) is 0 Å². The highest BCUT2D eigenvalue weighted by Crippen LogP contribution is 2.34. The van der Waals surface area contributed by atoms with Gasteiger partial charge in [0.25, 0.3) is 5.91 Å². The molecule has 0 unspecified atom stereocenters. The van der Waals surface area contributed by atoms with E-state index >= 15 is 0 Å². The number of nitrogens with zero attached hydrogens (tertiary/aromatic N) is 2. The van der Waals surface area contributed by atoms with E-state index in [2.05, 4.69) is 4.98 Å². The van der Waals surface area contributed by atoms with Crippen LogP contribution < -0.4 is 10.6 Å². The number of aromatic nitrogens is 1. The third-order valence-electron chi connectivity index (χ3n) is 3.78. The van der Waals surface area contributed by atoms with Crippen LogP contribution in [0.4, 0.5) is 11.4 Å². The van der Waals surface area contributed by atoms with E-state index in [0.29, 0.717) is 6.54 Å². The van der Waals surface area contributed by atoms with Gasteiger partial charge >= 0.3 is 5.97 Å². The number of ether oxygens (including phenoxy) is 1. The van der Waals surface area contributed by atoms with Crippen LogP contribution in [0.5, 0.6) is 0 Å². The summed E-state index contributed by atoms with van der Waals surface area (Å²) in [6.07, 6.45) is 0.757. The summed E-state index contributed by atoms with van der Waals surface area (Å²) in [4.78, 5) is 29.8. The number of carbonyl (C=O) groups is 2. The van der Waals surface area contributed by atoms with Crippen molar-refractivity contribution in [2.45, 2.75) is 6.42 Å². The van der Waals surface area contributed by atoms with Gasteiger partial charge in [0.15, 0.2) is 17.5 Å². The first-order valence-corrected chi connectivity index (χ1v) is 8.39. The fourth-order valence-corrected chi connectivity index (χ4v) is 3.12. The minimum atomic E-state index is -0.906. The number of esters is 1. The van der Waals surface area contributed by atoms with Gasteiger partial charge in [-0.1, -0.05) is 53.0 Å². The van der Waals surface area contributed by atoms with Gasteiger partial charge in [-0.2, -0.15) is 0 Å². The fraction of sp³-hybridized carbons (Fsp3) is 0.188. The molecule has 0 fully saturated rings. The molecule has 2 heterocycles. The van der Waals surface area contributed by atoms with Crippen LogP contribution in [-0.2, 0) is 16.0 Å². The summed E-state index contributed by atoms with van der Waals surface area (Å²) in [5, 5.41) is -0.387. The second-order valence-corrected chi connectivity index (χ2v) is 6.41. The Hall–Kier alpha value is -2.02. The Labute approximate surface area is 158 Å². The highest BCUT2D eigenvalue weighted by Gasteiger charge is 2.26. The zero-order chi connectivity index (χ0) is 18.1. The first-order chi connectivity index (χ1) is 11.9. The van der Waals surface area contributed by atoms with Crippen LogP contribution >= 0.6 is 34.8 Å². The zero-order valence-electron chi connectivity index (χ0n) is 12.8. The van der Waals surface area contributed by atoms with Crippen molar-refractivity contribution in [3.05, 3.63) is 50.7 Å². The predicted molar refractivity (Wildman–Crippen MR) is 96.5 cm³/mol. The number of nitrogens with two attached hydrogens (primary N) is 1. The molecule has 1 aromatic carbocycles. The number of amides is 1. The van der Waals surface area contributed by atoms with Crippen molar-refractivity contribution < 1.29 is 14.3 Å². The molecule has 2 aromatic rings. The molecule has 0 aliphatic carbocycles. The quantitative estimate of drug-likeness (QED) is 0.630. The van der Waals surface area contributed by atoms with E-state index in [1.807, 2.05) is 24.3 Å². The second kappa shape index (κ2) is 7.07. The van der Waals surface area contributed by atoms with E-state index in [-0.39, 0.29) is 32.5 Å². The van der Waals surface area contributed by atoms with Crippen molar-refractivity contribution in [2.75, 3.05) is 23.8 Å². The number of rotatable bonds is 3. The Morgan fingerprint density at radius 3 is 2.68 bits per heavy atom. The Morgan fingerprint density at radius 2 is 1.92 bits per heavy atom. The van der Waals surface area contributed by atoms with Crippen molar-refractivity contribution in [1.82, 2.24) is 4.98 Å². The molecule has 6 nitrogen and oxygen atoms in total. The van der Waals surface area contributed by atoms with Crippen molar-refractivity contribution >= 4 is 58.1 Å². The lowest BCUT2D eigenvalue weighted by Crippen LogP contribution is -2.33. The summed E-state index contributed by atoms with van der Waals surface area (Å²) in [6, 6.07) is 7.56. The maximum absolute atomic E-state index is 12.3. The number of carbonyl (C=O) groups excluding carboxylic acids is 2. The summed E-state index contributed by atoms with van der Waals surface area (Å²) in [7, 11) is 0. The minimum Gasteiger partial charge on any atom is -0.451 e. The Balaban J connectivity index is 1.70. The molecule has 0 bridgehead atoms. The first kappa shape index (κ1) is 17.8. The topological polar surface area (TPSA) is 85.5 Å². The average Bonchev–Trinajstić information content (AvgIpc) is 3.04. The van der Waals surface area contributed by atoms with Crippen LogP contribution in [-0.4, -0.2) is 30.0 Å². The molecule has 130 valence electrons. The molecule has 0 saturated heterocycles. The van der Waals surface area contributed by atoms with Crippen molar-refractivity contribution in [3.8, 4) is 0 Å². The van der Waals surface area contributed by atoms with Gasteiger partial charge in [0.05, 0.1) is 10.7 Å². The number of fused-ring (bicyclic) bond motifs is 1. The van der Waals surface area contributed by atoms with Crippen molar-refractivity contribution in [1.29, 1.82) is 0 Å². The molecular formula is C16H12Cl3N3O3. The first-order valence-electron chi connectivity index (χ1n) is 7.25. The van der Waals surface area contributed by atoms with Crippen LogP contribution in [0.25, 0.3) is 0 Å². The summed E-state index contributed by atoms with van der Waals surface area (Å²) in [6.45, 7) is 0.0831. The van der Waals surface area contributed by atoms with Gasteiger partial charge < -0.3 is 15.4 Å². The molecule has 1 aromatic heterocycles. The van der Waals surface area contributed by atoms with E-state index in [4.69, 9.17) is 45.3 Å². The molecule has 2 N–H and O–H groups in total. The maximum atomic E-state index is 12.3. The number of hydrogen-bond acceptors (Lipinski definition) is 5. The number of benzene rings is 1. The van der Waals surface area contributed by atoms with E-state index < -0.39 is 12.6 Å². The van der Waals surface area contributed by atoms with E-state index in [0.717, 1.165) is 17.7 Å². The van der Waals surface area contributed by atoms with Gasteiger partial charge in [0.1, 0.15) is 5.02 Å². The highest BCUT2D eigenvalue weighted by atomic mass is 35.5. The van der Waals surface area contributed by atoms with Gasteiger partial charge in [0.2, 0.25) is 0 Å². The summed E-state index contributed by atoms with van der Waals surface area (Å²) >= 11 is 17.5. The standard InChI is InChI=1S/C16H12Cl3N3O3/c17-11-13(20)12(18)15(19)21-14(11)16(24)25-7-10(23)22-6-5-8-3-1-2-4-9(8)22/h1-4H,5-7H2,(H2,20,21). The van der Waals surface area contributed by atoms with Crippen LogP contribution in [0.15, 0.2) is 24.3 Å². The number of para-hydroxylation sites is 1. The predicted octanol–water partition coefficient (Wildman–Crippen LogP) is 3.37. The zero-order valence-corrected chi connectivity index (χ0v) is 15.0. The van der Waals surface area contributed by atoms with Gasteiger partial charge in [-0.25, -0.2) is 9.78 Å². The lowest BCUT2D eigenvalue weighted by atomic mass is 10.2.